The Morgan fingerprint density at radius 2 is 2.08 bits per heavy atom. The van der Waals surface area contributed by atoms with Crippen molar-refractivity contribution >= 4 is 0 Å². The molecule has 0 bridgehead atoms. The van der Waals surface area contributed by atoms with Gasteiger partial charge in [-0.1, -0.05) is 6.42 Å². The molecule has 0 saturated carbocycles. The molecule has 1 aromatic heterocycles. The van der Waals surface area contributed by atoms with Crippen LogP contribution in [0.3, 0.4) is 0 Å². The minimum absolute atomic E-state index is 0.993. The zero-order valence-corrected chi connectivity index (χ0v) is 7.33. The zero-order chi connectivity index (χ0) is 8.23. The SMILES string of the molecule is c1coc(CN2CCCCC2)c1. The van der Waals surface area contributed by atoms with Crippen LogP contribution in [0.4, 0.5) is 0 Å². The van der Waals surface area contributed by atoms with Crippen LogP contribution in [0, 0.1) is 0 Å². The lowest BCUT2D eigenvalue weighted by Crippen LogP contribution is -2.28. The Morgan fingerprint density at radius 3 is 2.75 bits per heavy atom. The first kappa shape index (κ1) is 7.87. The van der Waals surface area contributed by atoms with Crippen LogP contribution >= 0.6 is 0 Å². The fraction of sp³-hybridized carbons (Fsp3) is 0.600. The molecular weight excluding hydrogens is 150 g/mol. The van der Waals surface area contributed by atoms with E-state index in [0.717, 1.165) is 12.3 Å². The summed E-state index contributed by atoms with van der Waals surface area (Å²) in [5.74, 6) is 1.09. The molecule has 0 radical (unpaired) electrons. The number of likely N-dealkylation sites (tertiary alicyclic amines) is 1. The summed E-state index contributed by atoms with van der Waals surface area (Å²) < 4.78 is 5.29. The van der Waals surface area contributed by atoms with Gasteiger partial charge in [-0.15, -0.1) is 0 Å². The molecule has 1 aliphatic rings. The molecule has 1 fully saturated rings. The Morgan fingerprint density at radius 1 is 1.25 bits per heavy atom. The van der Waals surface area contributed by atoms with Crippen LogP contribution in [0.1, 0.15) is 25.0 Å². The van der Waals surface area contributed by atoms with Crippen LogP contribution in [0.15, 0.2) is 22.8 Å². The summed E-state index contributed by atoms with van der Waals surface area (Å²) in [4.78, 5) is 2.46. The maximum Gasteiger partial charge on any atom is 0.117 e. The van der Waals surface area contributed by atoms with Gasteiger partial charge >= 0.3 is 0 Å². The third-order valence-corrected chi connectivity index (χ3v) is 2.41. The van der Waals surface area contributed by atoms with E-state index in [2.05, 4.69) is 11.0 Å². The Balaban J connectivity index is 1.86. The van der Waals surface area contributed by atoms with Crippen LogP contribution in [-0.2, 0) is 6.54 Å². The normalized spacial score (nSPS) is 19.7. The minimum atomic E-state index is 0.993. The Labute approximate surface area is 73.2 Å². The molecule has 2 rings (SSSR count). The molecule has 2 heteroatoms. The monoisotopic (exact) mass is 165 g/mol. The summed E-state index contributed by atoms with van der Waals surface area (Å²) in [6, 6.07) is 4.01. The number of hydrogen-bond donors (Lipinski definition) is 0. The second-order valence-corrected chi connectivity index (χ2v) is 3.42. The first-order chi connectivity index (χ1) is 5.95. The van der Waals surface area contributed by atoms with Crippen LogP contribution in [0.25, 0.3) is 0 Å². The molecule has 0 aromatic carbocycles. The molecule has 0 unspecified atom stereocenters. The second-order valence-electron chi connectivity index (χ2n) is 3.42. The van der Waals surface area contributed by atoms with E-state index in [1.54, 1.807) is 6.26 Å². The van der Waals surface area contributed by atoms with Crippen molar-refractivity contribution in [3.8, 4) is 0 Å². The van der Waals surface area contributed by atoms with E-state index in [0.29, 0.717) is 0 Å². The van der Waals surface area contributed by atoms with Gasteiger partial charge in [0.1, 0.15) is 5.76 Å². The lowest BCUT2D eigenvalue weighted by Gasteiger charge is -2.25. The van der Waals surface area contributed by atoms with Crippen LogP contribution < -0.4 is 0 Å². The van der Waals surface area contributed by atoms with E-state index >= 15 is 0 Å². The quantitative estimate of drug-likeness (QED) is 0.668. The predicted octanol–water partition coefficient (Wildman–Crippen LogP) is 2.27. The molecule has 1 aromatic rings. The third-order valence-electron chi connectivity index (χ3n) is 2.41. The highest BCUT2D eigenvalue weighted by Crippen LogP contribution is 2.12. The van der Waals surface area contributed by atoms with E-state index < -0.39 is 0 Å². The molecule has 0 N–H and O–H groups in total. The van der Waals surface area contributed by atoms with Crippen LogP contribution in [-0.4, -0.2) is 18.0 Å². The first-order valence-corrected chi connectivity index (χ1v) is 4.70. The van der Waals surface area contributed by atoms with Gasteiger partial charge in [-0.05, 0) is 38.1 Å². The van der Waals surface area contributed by atoms with Gasteiger partial charge in [0.2, 0.25) is 0 Å². The highest BCUT2D eigenvalue weighted by atomic mass is 16.3. The number of hydrogen-bond acceptors (Lipinski definition) is 2. The molecule has 0 aliphatic carbocycles. The van der Waals surface area contributed by atoms with E-state index in [4.69, 9.17) is 4.42 Å². The van der Waals surface area contributed by atoms with Gasteiger partial charge in [0.25, 0.3) is 0 Å². The van der Waals surface area contributed by atoms with E-state index in [-0.39, 0.29) is 0 Å². The first-order valence-electron chi connectivity index (χ1n) is 4.70. The maximum atomic E-state index is 5.29. The summed E-state index contributed by atoms with van der Waals surface area (Å²) in [7, 11) is 0. The smallest absolute Gasteiger partial charge is 0.117 e. The van der Waals surface area contributed by atoms with Gasteiger partial charge in [-0.3, -0.25) is 4.90 Å². The Bertz CT molecular complexity index is 212. The van der Waals surface area contributed by atoms with Crippen molar-refractivity contribution in [1.29, 1.82) is 0 Å². The van der Waals surface area contributed by atoms with E-state index in [9.17, 15) is 0 Å². The molecule has 66 valence electrons. The van der Waals surface area contributed by atoms with E-state index in [1.807, 2.05) is 6.07 Å². The van der Waals surface area contributed by atoms with Crippen molar-refractivity contribution in [1.82, 2.24) is 4.90 Å². The van der Waals surface area contributed by atoms with Crippen molar-refractivity contribution in [3.63, 3.8) is 0 Å². The number of nitrogens with zero attached hydrogens (tertiary/aromatic N) is 1. The van der Waals surface area contributed by atoms with Gasteiger partial charge in [0.15, 0.2) is 0 Å². The fourth-order valence-electron chi connectivity index (χ4n) is 1.74. The largest absolute Gasteiger partial charge is 0.468 e. The number of furan rings is 1. The molecule has 1 aliphatic heterocycles. The second kappa shape index (κ2) is 3.76. The van der Waals surface area contributed by atoms with Crippen molar-refractivity contribution < 1.29 is 4.42 Å². The zero-order valence-electron chi connectivity index (χ0n) is 7.33. The van der Waals surface area contributed by atoms with E-state index in [1.165, 1.54) is 32.4 Å². The fourth-order valence-corrected chi connectivity index (χ4v) is 1.74. The third kappa shape index (κ3) is 1.89. The lowest BCUT2D eigenvalue weighted by molar-refractivity contribution is 0.205. The molecule has 0 atom stereocenters. The van der Waals surface area contributed by atoms with Gasteiger partial charge < -0.3 is 4.42 Å². The molecule has 2 nitrogen and oxygen atoms in total. The van der Waals surface area contributed by atoms with Gasteiger partial charge in [0, 0.05) is 0 Å². The summed E-state index contributed by atoms with van der Waals surface area (Å²) in [5, 5.41) is 0. The predicted molar refractivity (Wildman–Crippen MR) is 47.8 cm³/mol. The van der Waals surface area contributed by atoms with Crippen molar-refractivity contribution in [3.05, 3.63) is 24.2 Å². The van der Waals surface area contributed by atoms with Gasteiger partial charge in [-0.25, -0.2) is 0 Å². The van der Waals surface area contributed by atoms with Gasteiger partial charge in [-0.2, -0.15) is 0 Å². The van der Waals surface area contributed by atoms with Crippen molar-refractivity contribution in [2.75, 3.05) is 13.1 Å². The molecule has 1 saturated heterocycles. The summed E-state index contributed by atoms with van der Waals surface area (Å²) in [6.45, 7) is 3.47. The number of piperidine rings is 1. The minimum Gasteiger partial charge on any atom is -0.468 e. The molecule has 0 spiro atoms. The van der Waals surface area contributed by atoms with Crippen molar-refractivity contribution in [2.24, 2.45) is 0 Å². The topological polar surface area (TPSA) is 16.4 Å². The number of rotatable bonds is 2. The highest BCUT2D eigenvalue weighted by molar-refractivity contribution is 4.97. The molecule has 0 amide bonds. The average molecular weight is 165 g/mol. The summed E-state index contributed by atoms with van der Waals surface area (Å²) in [5.41, 5.74) is 0. The maximum absolute atomic E-state index is 5.29. The molecule has 2 heterocycles. The summed E-state index contributed by atoms with van der Waals surface area (Å²) in [6.07, 6.45) is 5.84. The summed E-state index contributed by atoms with van der Waals surface area (Å²) >= 11 is 0. The van der Waals surface area contributed by atoms with Crippen molar-refractivity contribution in [2.45, 2.75) is 25.8 Å². The van der Waals surface area contributed by atoms with Gasteiger partial charge in [0.05, 0.1) is 12.8 Å². The Kier molecular flexibility index (Phi) is 2.47. The highest BCUT2D eigenvalue weighted by Gasteiger charge is 2.10. The van der Waals surface area contributed by atoms with Crippen LogP contribution in [0.2, 0.25) is 0 Å². The molecular formula is C10H15NO. The average Bonchev–Trinajstić information content (AvgIpc) is 2.59. The van der Waals surface area contributed by atoms with Crippen LogP contribution in [0.5, 0.6) is 0 Å². The molecule has 12 heavy (non-hydrogen) atoms. The lowest BCUT2D eigenvalue weighted by atomic mass is 10.1. The Hall–Kier alpha value is -0.760. The standard InChI is InChI=1S/C10H15NO/c1-2-6-11(7-3-1)9-10-5-4-8-12-10/h4-5,8H,1-3,6-7,9H2.